The van der Waals surface area contributed by atoms with E-state index in [1.165, 1.54) is 6.07 Å². The van der Waals surface area contributed by atoms with Crippen LogP contribution in [0.1, 0.15) is 18.1 Å². The van der Waals surface area contributed by atoms with E-state index in [1.807, 2.05) is 32.0 Å². The molecule has 2 aliphatic carbocycles. The van der Waals surface area contributed by atoms with Crippen LogP contribution in [0.15, 0.2) is 35.2 Å². The lowest BCUT2D eigenvalue weighted by molar-refractivity contribution is 0.484. The highest BCUT2D eigenvalue weighted by Crippen LogP contribution is 2.34. The Labute approximate surface area is 101 Å². The lowest BCUT2D eigenvalue weighted by atomic mass is 10.1. The Morgan fingerprint density at radius 3 is 2.47 bits per heavy atom. The molecule has 0 saturated heterocycles. The Morgan fingerprint density at radius 1 is 1.18 bits per heavy atom. The summed E-state index contributed by atoms with van der Waals surface area (Å²) in [6.45, 7) is 3.89. The Balaban J connectivity index is 2.78. The molecule has 0 saturated carbocycles. The summed E-state index contributed by atoms with van der Waals surface area (Å²) >= 11 is 0. The van der Waals surface area contributed by atoms with E-state index in [0.29, 0.717) is 5.56 Å². The van der Waals surface area contributed by atoms with Gasteiger partial charge in [0.25, 0.3) is 10.1 Å². The van der Waals surface area contributed by atoms with Gasteiger partial charge in [-0.2, -0.15) is 8.42 Å². The molecule has 2 rings (SSSR count). The summed E-state index contributed by atoms with van der Waals surface area (Å²) in [6.07, 6.45) is 0.885. The molecule has 4 heteroatoms. The van der Waals surface area contributed by atoms with Crippen molar-refractivity contribution < 1.29 is 13.0 Å². The Hall–Kier alpha value is -1.39. The fourth-order valence-electron chi connectivity index (χ4n) is 2.00. The number of hydrogen-bond donors (Lipinski definition) is 1. The summed E-state index contributed by atoms with van der Waals surface area (Å²) in [5.74, 6) is 0. The van der Waals surface area contributed by atoms with Crippen molar-refractivity contribution in [2.24, 2.45) is 0 Å². The highest BCUT2D eigenvalue weighted by molar-refractivity contribution is 7.86. The molecule has 0 aromatic heterocycles. The summed E-state index contributed by atoms with van der Waals surface area (Å²) in [5.41, 5.74) is 3.44. The van der Waals surface area contributed by atoms with E-state index in [4.69, 9.17) is 0 Å². The fourth-order valence-corrected chi connectivity index (χ4v) is 2.78. The van der Waals surface area contributed by atoms with Gasteiger partial charge in [-0.15, -0.1) is 0 Å². The molecule has 0 unspecified atom stereocenters. The van der Waals surface area contributed by atoms with Crippen LogP contribution in [0.4, 0.5) is 0 Å². The van der Waals surface area contributed by atoms with Crippen molar-refractivity contribution in [1.82, 2.24) is 0 Å². The minimum atomic E-state index is -4.16. The van der Waals surface area contributed by atoms with Gasteiger partial charge in [0.05, 0.1) is 0 Å². The molecule has 0 bridgehead atoms. The molecule has 0 spiro atoms. The highest BCUT2D eigenvalue weighted by Gasteiger charge is 2.21. The molecule has 0 aromatic carbocycles. The lowest BCUT2D eigenvalue weighted by Crippen LogP contribution is -1.96. The molecular weight excluding hydrogens is 236 g/mol. The first-order valence-corrected chi connectivity index (χ1v) is 6.87. The van der Waals surface area contributed by atoms with Crippen molar-refractivity contribution in [3.63, 3.8) is 0 Å². The van der Waals surface area contributed by atoms with E-state index in [2.05, 4.69) is 0 Å². The molecule has 90 valence electrons. The van der Waals surface area contributed by atoms with Gasteiger partial charge in [0.15, 0.2) is 0 Å². The maximum atomic E-state index is 11.3. The molecule has 0 atom stereocenters. The molecule has 0 aliphatic heterocycles. The first-order chi connectivity index (χ1) is 7.93. The van der Waals surface area contributed by atoms with Crippen molar-refractivity contribution in [2.45, 2.75) is 25.2 Å². The third kappa shape index (κ3) is 2.18. The van der Waals surface area contributed by atoms with Crippen LogP contribution in [-0.4, -0.2) is 13.0 Å². The first-order valence-electron chi connectivity index (χ1n) is 5.43. The maximum absolute atomic E-state index is 11.3. The second-order valence-electron chi connectivity index (χ2n) is 4.09. The van der Waals surface area contributed by atoms with Gasteiger partial charge >= 0.3 is 0 Å². The van der Waals surface area contributed by atoms with Gasteiger partial charge in [0, 0.05) is 5.56 Å². The Kier molecular flexibility index (Phi) is 2.93. The largest absolute Gasteiger partial charge is 0.295 e. The summed E-state index contributed by atoms with van der Waals surface area (Å²) in [5, 5.41) is 0. The normalized spacial score (nSPS) is 11.9. The van der Waals surface area contributed by atoms with Gasteiger partial charge in [0.1, 0.15) is 4.90 Å². The Morgan fingerprint density at radius 2 is 1.88 bits per heavy atom. The maximum Gasteiger partial charge on any atom is 0.295 e. The van der Waals surface area contributed by atoms with Crippen molar-refractivity contribution in [2.75, 3.05) is 0 Å². The predicted molar refractivity (Wildman–Crippen MR) is 67.0 cm³/mol. The van der Waals surface area contributed by atoms with E-state index in [1.54, 1.807) is 6.07 Å². The summed E-state index contributed by atoms with van der Waals surface area (Å²) < 4.78 is 31.7. The molecule has 1 N–H and O–H groups in total. The zero-order chi connectivity index (χ0) is 12.6. The van der Waals surface area contributed by atoms with Gasteiger partial charge in [-0.1, -0.05) is 31.2 Å². The quantitative estimate of drug-likeness (QED) is 0.834. The van der Waals surface area contributed by atoms with E-state index in [0.717, 1.165) is 23.1 Å². The zero-order valence-corrected chi connectivity index (χ0v) is 10.6. The van der Waals surface area contributed by atoms with E-state index >= 15 is 0 Å². The second-order valence-corrected chi connectivity index (χ2v) is 5.48. The molecule has 2 aliphatic rings. The molecule has 0 heterocycles. The minimum absolute atomic E-state index is 0.0109. The number of fused-ring (bicyclic) bond motifs is 1. The van der Waals surface area contributed by atoms with Gasteiger partial charge < -0.3 is 0 Å². The first kappa shape index (κ1) is 12.1. The van der Waals surface area contributed by atoms with Crippen LogP contribution in [0.5, 0.6) is 0 Å². The van der Waals surface area contributed by atoms with E-state index in [9.17, 15) is 13.0 Å². The van der Waals surface area contributed by atoms with Crippen LogP contribution in [0, 0.1) is 6.92 Å². The number of rotatable bonds is 2. The number of hydrogen-bond acceptors (Lipinski definition) is 2. The topological polar surface area (TPSA) is 54.4 Å². The van der Waals surface area contributed by atoms with Gasteiger partial charge in [-0.25, -0.2) is 0 Å². The predicted octanol–water partition coefficient (Wildman–Crippen LogP) is 2.91. The third-order valence-electron chi connectivity index (χ3n) is 2.92. The molecule has 17 heavy (non-hydrogen) atoms. The standard InChI is InChI=1S/C13H14O3S/c1-3-10-5-4-6-11-12(8-10)9(2)7-13(11)17(14,15)16/h4-8H,3H2,1-2H3,(H,14,15,16). The molecule has 0 aromatic rings. The van der Waals surface area contributed by atoms with E-state index in [-0.39, 0.29) is 4.90 Å². The summed E-state index contributed by atoms with van der Waals surface area (Å²) in [7, 11) is -4.16. The van der Waals surface area contributed by atoms with Gasteiger partial charge in [-0.3, -0.25) is 4.55 Å². The summed E-state index contributed by atoms with van der Waals surface area (Å²) in [4.78, 5) is -0.0109. The van der Waals surface area contributed by atoms with Gasteiger partial charge in [-0.05, 0) is 36.1 Å². The van der Waals surface area contributed by atoms with Crippen LogP contribution < -0.4 is 0 Å². The summed E-state index contributed by atoms with van der Waals surface area (Å²) in [6, 6.07) is 8.98. The van der Waals surface area contributed by atoms with Crippen molar-refractivity contribution >= 4 is 10.1 Å². The highest BCUT2D eigenvalue weighted by atomic mass is 32.2. The van der Waals surface area contributed by atoms with Crippen molar-refractivity contribution in [3.05, 3.63) is 41.5 Å². The second kappa shape index (κ2) is 4.13. The monoisotopic (exact) mass is 250 g/mol. The SMILES string of the molecule is CCc1cccc2c(S(=O)(=O)O)cc(C)c-2c1. The molecule has 3 nitrogen and oxygen atoms in total. The van der Waals surface area contributed by atoms with Crippen LogP contribution in [0.3, 0.4) is 0 Å². The van der Waals surface area contributed by atoms with Crippen LogP contribution in [0.25, 0.3) is 11.1 Å². The molecular formula is C13H14O3S. The third-order valence-corrected chi connectivity index (χ3v) is 3.81. The molecule has 0 amide bonds. The van der Waals surface area contributed by atoms with E-state index < -0.39 is 10.1 Å². The molecule has 0 radical (unpaired) electrons. The van der Waals surface area contributed by atoms with Crippen LogP contribution in [0.2, 0.25) is 0 Å². The number of aryl methyl sites for hydroxylation is 2. The van der Waals surface area contributed by atoms with Crippen LogP contribution in [-0.2, 0) is 16.5 Å². The van der Waals surface area contributed by atoms with Crippen molar-refractivity contribution in [1.29, 1.82) is 0 Å². The minimum Gasteiger partial charge on any atom is -0.282 e. The zero-order valence-electron chi connectivity index (χ0n) is 9.77. The average molecular weight is 250 g/mol. The Bertz CT molecular complexity index is 629. The average Bonchev–Trinajstić information content (AvgIpc) is 2.47. The molecule has 0 fully saturated rings. The fraction of sp³-hybridized carbons (Fsp3) is 0.231. The van der Waals surface area contributed by atoms with Gasteiger partial charge in [0.2, 0.25) is 0 Å². The lowest BCUT2D eigenvalue weighted by Gasteiger charge is -1.98. The smallest absolute Gasteiger partial charge is 0.282 e. The van der Waals surface area contributed by atoms with Crippen LogP contribution >= 0.6 is 0 Å². The van der Waals surface area contributed by atoms with Crippen molar-refractivity contribution in [3.8, 4) is 11.1 Å².